The first kappa shape index (κ1) is 14.8. The summed E-state index contributed by atoms with van der Waals surface area (Å²) in [4.78, 5) is 27.8. The molecular formula is C18H17N3O2. The third-order valence-electron chi connectivity index (χ3n) is 3.53. The molecule has 3 rings (SSSR count). The number of fused-ring (bicyclic) bond motifs is 1. The number of aromatic nitrogens is 1. The smallest absolute Gasteiger partial charge is 0.261 e. The zero-order chi connectivity index (χ0) is 16.2. The summed E-state index contributed by atoms with van der Waals surface area (Å²) < 4.78 is 0. The predicted octanol–water partition coefficient (Wildman–Crippen LogP) is 3.21. The van der Waals surface area contributed by atoms with Gasteiger partial charge >= 0.3 is 0 Å². The van der Waals surface area contributed by atoms with Crippen molar-refractivity contribution in [1.29, 1.82) is 0 Å². The maximum Gasteiger partial charge on any atom is 0.261 e. The Morgan fingerprint density at radius 2 is 1.87 bits per heavy atom. The van der Waals surface area contributed by atoms with Gasteiger partial charge in [-0.25, -0.2) is 0 Å². The lowest BCUT2D eigenvalue weighted by Crippen LogP contribution is -2.21. The Morgan fingerprint density at radius 3 is 2.70 bits per heavy atom. The first-order chi connectivity index (χ1) is 11.2. The molecule has 23 heavy (non-hydrogen) atoms. The van der Waals surface area contributed by atoms with Crippen molar-refractivity contribution in [1.82, 2.24) is 4.98 Å². The molecule has 0 unspecified atom stereocenters. The summed E-state index contributed by atoms with van der Waals surface area (Å²) in [5.74, 6) is -0.425. The van der Waals surface area contributed by atoms with Crippen LogP contribution in [0.2, 0.25) is 0 Å². The number of nitrogens with one attached hydrogen (secondary N) is 3. The number of hydrogen-bond donors (Lipinski definition) is 3. The van der Waals surface area contributed by atoms with Crippen molar-refractivity contribution >= 4 is 28.2 Å². The fourth-order valence-corrected chi connectivity index (χ4v) is 2.45. The van der Waals surface area contributed by atoms with Gasteiger partial charge < -0.3 is 15.6 Å². The fraction of sp³-hybridized carbons (Fsp3) is 0.111. The molecule has 0 atom stereocenters. The Kier molecular flexibility index (Phi) is 4.10. The van der Waals surface area contributed by atoms with Gasteiger partial charge in [0.2, 0.25) is 5.43 Å². The average Bonchev–Trinajstić information content (AvgIpc) is 2.56. The van der Waals surface area contributed by atoms with Crippen molar-refractivity contribution in [3.05, 3.63) is 70.5 Å². The van der Waals surface area contributed by atoms with E-state index < -0.39 is 5.91 Å². The zero-order valence-corrected chi connectivity index (χ0v) is 12.7. The van der Waals surface area contributed by atoms with Crippen molar-refractivity contribution in [2.24, 2.45) is 0 Å². The third-order valence-corrected chi connectivity index (χ3v) is 3.53. The van der Waals surface area contributed by atoms with Crippen molar-refractivity contribution in [3.63, 3.8) is 0 Å². The first-order valence-corrected chi connectivity index (χ1v) is 7.44. The van der Waals surface area contributed by atoms with Gasteiger partial charge in [0, 0.05) is 35.0 Å². The normalized spacial score (nSPS) is 10.5. The number of benzene rings is 2. The Bertz CT molecular complexity index is 915. The van der Waals surface area contributed by atoms with Crippen molar-refractivity contribution in [2.45, 2.75) is 6.92 Å². The fourth-order valence-electron chi connectivity index (χ4n) is 2.45. The van der Waals surface area contributed by atoms with E-state index in [0.717, 1.165) is 12.2 Å². The summed E-state index contributed by atoms with van der Waals surface area (Å²) in [6.07, 6.45) is 1.45. The van der Waals surface area contributed by atoms with Gasteiger partial charge in [0.15, 0.2) is 0 Å². The lowest BCUT2D eigenvalue weighted by molar-refractivity contribution is 0.102. The third kappa shape index (κ3) is 3.08. The molecule has 1 aromatic heterocycles. The van der Waals surface area contributed by atoms with Crippen LogP contribution in [0.5, 0.6) is 0 Å². The standard InChI is InChI=1S/C18H17N3O2/c1-2-19-12-6-5-7-13(10-12)21-18(23)15-11-20-16-9-4-3-8-14(16)17(15)22/h3-11,19H,2H2,1H3,(H,20,22)(H,21,23). The number of rotatable bonds is 4. The number of carbonyl (C=O) groups is 1. The monoisotopic (exact) mass is 307 g/mol. The van der Waals surface area contributed by atoms with Gasteiger partial charge in [0.25, 0.3) is 5.91 Å². The molecule has 1 amide bonds. The second kappa shape index (κ2) is 6.36. The largest absolute Gasteiger partial charge is 0.385 e. The van der Waals surface area contributed by atoms with Gasteiger partial charge in [-0.3, -0.25) is 9.59 Å². The van der Waals surface area contributed by atoms with Gasteiger partial charge in [-0.1, -0.05) is 18.2 Å². The number of aromatic amines is 1. The Labute approximate surface area is 133 Å². The summed E-state index contributed by atoms with van der Waals surface area (Å²) in [7, 11) is 0. The van der Waals surface area contributed by atoms with Crippen molar-refractivity contribution in [3.8, 4) is 0 Å². The van der Waals surface area contributed by atoms with Crippen molar-refractivity contribution in [2.75, 3.05) is 17.2 Å². The van der Waals surface area contributed by atoms with Crippen LogP contribution in [0.4, 0.5) is 11.4 Å². The SMILES string of the molecule is CCNc1cccc(NC(=O)c2c[nH]c3ccccc3c2=O)c1. The maximum absolute atomic E-state index is 12.4. The summed E-state index contributed by atoms with van der Waals surface area (Å²) in [5, 5.41) is 6.44. The number of H-pyrrole nitrogens is 1. The molecule has 0 spiro atoms. The lowest BCUT2D eigenvalue weighted by atomic mass is 10.1. The summed E-state index contributed by atoms with van der Waals surface area (Å²) in [6.45, 7) is 2.79. The highest BCUT2D eigenvalue weighted by atomic mass is 16.2. The van der Waals surface area contributed by atoms with Crippen LogP contribution in [0.15, 0.2) is 59.5 Å². The predicted molar refractivity (Wildman–Crippen MR) is 93.1 cm³/mol. The lowest BCUT2D eigenvalue weighted by Gasteiger charge is -2.08. The summed E-state index contributed by atoms with van der Waals surface area (Å²) in [6, 6.07) is 14.5. The minimum Gasteiger partial charge on any atom is -0.385 e. The molecule has 0 aliphatic rings. The van der Waals surface area contributed by atoms with Crippen LogP contribution in [0, 0.1) is 0 Å². The number of hydrogen-bond acceptors (Lipinski definition) is 3. The molecule has 0 saturated heterocycles. The topological polar surface area (TPSA) is 74.0 Å². The second-order valence-corrected chi connectivity index (χ2v) is 5.14. The van der Waals surface area contributed by atoms with E-state index in [9.17, 15) is 9.59 Å². The van der Waals surface area contributed by atoms with E-state index in [4.69, 9.17) is 0 Å². The molecule has 0 saturated carbocycles. The maximum atomic E-state index is 12.4. The molecule has 0 fully saturated rings. The molecule has 3 N–H and O–H groups in total. The van der Waals surface area contributed by atoms with E-state index in [1.54, 1.807) is 24.3 Å². The number of anilines is 2. The van der Waals surface area contributed by atoms with Crippen molar-refractivity contribution < 1.29 is 4.79 Å². The van der Waals surface area contributed by atoms with E-state index in [-0.39, 0.29) is 11.0 Å². The number of carbonyl (C=O) groups excluding carboxylic acids is 1. The first-order valence-electron chi connectivity index (χ1n) is 7.44. The summed E-state index contributed by atoms with van der Waals surface area (Å²) in [5.41, 5.74) is 2.08. The molecule has 1 heterocycles. The van der Waals surface area contributed by atoms with Gasteiger partial charge in [-0.15, -0.1) is 0 Å². The van der Waals surface area contributed by atoms with E-state index >= 15 is 0 Å². The van der Waals surface area contributed by atoms with Gasteiger partial charge in [-0.2, -0.15) is 0 Å². The van der Waals surface area contributed by atoms with E-state index in [1.165, 1.54) is 6.20 Å². The van der Waals surface area contributed by atoms with E-state index in [1.807, 2.05) is 31.2 Å². The quantitative estimate of drug-likeness (QED) is 0.693. The highest BCUT2D eigenvalue weighted by molar-refractivity contribution is 6.05. The van der Waals surface area contributed by atoms with Crippen LogP contribution in [-0.4, -0.2) is 17.4 Å². The van der Waals surface area contributed by atoms with Crippen LogP contribution in [-0.2, 0) is 0 Å². The molecular weight excluding hydrogens is 290 g/mol. The van der Waals surface area contributed by atoms with E-state index in [0.29, 0.717) is 16.6 Å². The van der Waals surface area contributed by atoms with Crippen LogP contribution in [0.3, 0.4) is 0 Å². The molecule has 0 aliphatic carbocycles. The molecule has 5 heteroatoms. The number of para-hydroxylation sites is 1. The van der Waals surface area contributed by atoms with Crippen LogP contribution >= 0.6 is 0 Å². The van der Waals surface area contributed by atoms with Crippen LogP contribution in [0.25, 0.3) is 10.9 Å². The van der Waals surface area contributed by atoms with Crippen LogP contribution < -0.4 is 16.1 Å². The molecule has 0 aliphatic heterocycles. The number of pyridine rings is 1. The molecule has 0 radical (unpaired) electrons. The van der Waals surface area contributed by atoms with E-state index in [2.05, 4.69) is 15.6 Å². The average molecular weight is 307 g/mol. The van der Waals surface area contributed by atoms with Gasteiger partial charge in [-0.05, 0) is 37.3 Å². The number of amides is 1. The Morgan fingerprint density at radius 1 is 1.09 bits per heavy atom. The van der Waals surface area contributed by atoms with Gasteiger partial charge in [0.1, 0.15) is 5.56 Å². The highest BCUT2D eigenvalue weighted by Crippen LogP contribution is 2.16. The Balaban J connectivity index is 1.90. The minimum atomic E-state index is -0.425. The molecule has 0 bridgehead atoms. The molecule has 5 nitrogen and oxygen atoms in total. The molecule has 116 valence electrons. The second-order valence-electron chi connectivity index (χ2n) is 5.14. The minimum absolute atomic E-state index is 0.0950. The van der Waals surface area contributed by atoms with Crippen LogP contribution in [0.1, 0.15) is 17.3 Å². The summed E-state index contributed by atoms with van der Waals surface area (Å²) >= 11 is 0. The Hall–Kier alpha value is -3.08. The molecule has 3 aromatic rings. The molecule has 2 aromatic carbocycles. The zero-order valence-electron chi connectivity index (χ0n) is 12.7. The van der Waals surface area contributed by atoms with Gasteiger partial charge in [0.05, 0.1) is 0 Å². The highest BCUT2D eigenvalue weighted by Gasteiger charge is 2.13.